The van der Waals surface area contributed by atoms with Crippen LogP contribution >= 0.6 is 0 Å². The lowest BCUT2D eigenvalue weighted by molar-refractivity contribution is -0.140. The van der Waals surface area contributed by atoms with Crippen LogP contribution in [0.4, 0.5) is 0 Å². The van der Waals surface area contributed by atoms with Gasteiger partial charge in [-0.1, -0.05) is 30.3 Å². The van der Waals surface area contributed by atoms with Crippen molar-refractivity contribution in [3.05, 3.63) is 59.5 Å². The summed E-state index contributed by atoms with van der Waals surface area (Å²) in [4.78, 5) is 22.3. The van der Waals surface area contributed by atoms with E-state index in [4.69, 9.17) is 14.3 Å². The van der Waals surface area contributed by atoms with Gasteiger partial charge in [0.05, 0.1) is 12.4 Å². The second kappa shape index (κ2) is 8.28. The van der Waals surface area contributed by atoms with Crippen molar-refractivity contribution in [2.24, 2.45) is 0 Å². The van der Waals surface area contributed by atoms with Crippen LogP contribution in [0.3, 0.4) is 0 Å². The molecule has 0 saturated carbocycles. The Labute approximate surface area is 135 Å². The van der Waals surface area contributed by atoms with E-state index >= 15 is 0 Å². The lowest BCUT2D eigenvalue weighted by Gasteiger charge is -2.04. The van der Waals surface area contributed by atoms with E-state index in [1.54, 1.807) is 0 Å². The van der Waals surface area contributed by atoms with Crippen LogP contribution in [0.1, 0.15) is 21.9 Å². The van der Waals surface area contributed by atoms with Gasteiger partial charge in [0.15, 0.2) is 0 Å². The molecule has 23 heavy (non-hydrogen) atoms. The van der Waals surface area contributed by atoms with Crippen LogP contribution in [0.2, 0.25) is 0 Å². The average Bonchev–Trinajstić information content (AvgIpc) is 2.97. The van der Waals surface area contributed by atoms with Crippen molar-refractivity contribution >= 4 is 22.7 Å². The van der Waals surface area contributed by atoms with Crippen molar-refractivity contribution in [3.8, 4) is 0 Å². The monoisotopic (exact) mass is 336 g/mol. The summed E-state index contributed by atoms with van der Waals surface area (Å²) in [5.74, 6) is -1.98. The van der Waals surface area contributed by atoms with Gasteiger partial charge in [-0.3, -0.25) is 9.00 Å². The predicted octanol–water partition coefficient (Wildman–Crippen LogP) is 2.01. The first-order valence-corrected chi connectivity index (χ1v) is 8.40. The molecule has 7 heteroatoms. The first-order chi connectivity index (χ1) is 11.0. The van der Waals surface area contributed by atoms with E-state index in [0.717, 1.165) is 5.56 Å². The molecule has 1 aromatic heterocycles. The number of hydrogen-bond donors (Lipinski definition) is 1. The molecular formula is C16H16O6S. The molecule has 0 aliphatic heterocycles. The lowest BCUT2D eigenvalue weighted by atomic mass is 10.2. The van der Waals surface area contributed by atoms with Gasteiger partial charge in [0.25, 0.3) is 0 Å². The van der Waals surface area contributed by atoms with Crippen LogP contribution in [0, 0.1) is 0 Å². The minimum atomic E-state index is -1.51. The number of carboxylic acid groups (broad SMARTS) is 1. The molecule has 2 aromatic rings. The minimum absolute atomic E-state index is 0.0267. The molecule has 1 N–H and O–H groups in total. The molecule has 1 heterocycles. The number of furan rings is 1. The highest BCUT2D eigenvalue weighted by atomic mass is 32.2. The van der Waals surface area contributed by atoms with Gasteiger partial charge in [0.1, 0.15) is 11.5 Å². The van der Waals surface area contributed by atoms with Crippen LogP contribution in [0.25, 0.3) is 0 Å². The number of ether oxygens (including phenoxy) is 1. The lowest BCUT2D eigenvalue weighted by Crippen LogP contribution is -2.16. The summed E-state index contributed by atoms with van der Waals surface area (Å²) in [6, 6.07) is 12.3. The SMILES string of the molecule is O=C(CS(=O)Cc1ccc(C(=O)O)o1)OCCc1ccccc1. The molecule has 0 fully saturated rings. The Hall–Kier alpha value is -2.41. The molecule has 1 aromatic carbocycles. The molecule has 0 aliphatic rings. The zero-order chi connectivity index (χ0) is 16.7. The van der Waals surface area contributed by atoms with Crippen LogP contribution in [-0.2, 0) is 32.5 Å². The third kappa shape index (κ3) is 5.71. The largest absolute Gasteiger partial charge is 0.475 e. The number of benzene rings is 1. The molecule has 0 saturated heterocycles. The standard InChI is InChI=1S/C16H16O6S/c17-15(21-9-8-12-4-2-1-3-5-12)11-23(20)10-13-6-7-14(22-13)16(18)19/h1-7H,8-11H2,(H,18,19). The van der Waals surface area contributed by atoms with E-state index in [2.05, 4.69) is 0 Å². The Morgan fingerprint density at radius 1 is 1.13 bits per heavy atom. The van der Waals surface area contributed by atoms with E-state index < -0.39 is 22.7 Å². The van der Waals surface area contributed by atoms with Gasteiger partial charge in [-0.15, -0.1) is 0 Å². The van der Waals surface area contributed by atoms with Crippen LogP contribution < -0.4 is 0 Å². The van der Waals surface area contributed by atoms with Crippen molar-refractivity contribution in [1.82, 2.24) is 0 Å². The van der Waals surface area contributed by atoms with Gasteiger partial charge < -0.3 is 14.3 Å². The topological polar surface area (TPSA) is 93.8 Å². The van der Waals surface area contributed by atoms with E-state index in [-0.39, 0.29) is 29.6 Å². The van der Waals surface area contributed by atoms with Crippen molar-refractivity contribution in [1.29, 1.82) is 0 Å². The molecule has 2 rings (SSSR count). The van der Waals surface area contributed by atoms with E-state index in [9.17, 15) is 13.8 Å². The van der Waals surface area contributed by atoms with E-state index in [1.165, 1.54) is 12.1 Å². The number of hydrogen-bond acceptors (Lipinski definition) is 5. The fourth-order valence-electron chi connectivity index (χ4n) is 1.88. The molecule has 0 spiro atoms. The zero-order valence-corrected chi connectivity index (χ0v) is 13.1. The highest BCUT2D eigenvalue weighted by Crippen LogP contribution is 2.10. The van der Waals surface area contributed by atoms with Crippen LogP contribution in [0.5, 0.6) is 0 Å². The Bertz CT molecular complexity index is 692. The fourth-order valence-corrected chi connectivity index (χ4v) is 2.80. The molecule has 122 valence electrons. The zero-order valence-electron chi connectivity index (χ0n) is 12.3. The van der Waals surface area contributed by atoms with Crippen molar-refractivity contribution < 1.29 is 28.1 Å². The fraction of sp³-hybridized carbons (Fsp3) is 0.250. The second-order valence-electron chi connectivity index (χ2n) is 4.76. The number of carbonyl (C=O) groups is 2. The molecule has 0 bridgehead atoms. The van der Waals surface area contributed by atoms with Gasteiger partial charge in [-0.05, 0) is 17.7 Å². The van der Waals surface area contributed by atoms with Gasteiger partial charge in [0, 0.05) is 17.2 Å². The molecule has 0 amide bonds. The molecule has 0 aliphatic carbocycles. The van der Waals surface area contributed by atoms with Crippen molar-refractivity contribution in [3.63, 3.8) is 0 Å². The Morgan fingerprint density at radius 2 is 1.87 bits per heavy atom. The summed E-state index contributed by atoms with van der Waals surface area (Å²) in [5.41, 5.74) is 1.05. The van der Waals surface area contributed by atoms with Gasteiger partial charge in [-0.25, -0.2) is 4.79 Å². The predicted molar refractivity (Wildman–Crippen MR) is 83.5 cm³/mol. The van der Waals surface area contributed by atoms with E-state index in [0.29, 0.717) is 6.42 Å². The van der Waals surface area contributed by atoms with Gasteiger partial charge in [-0.2, -0.15) is 0 Å². The average molecular weight is 336 g/mol. The summed E-state index contributed by atoms with van der Waals surface area (Å²) < 4.78 is 21.9. The molecule has 0 radical (unpaired) electrons. The Kier molecular flexibility index (Phi) is 6.10. The summed E-state index contributed by atoms with van der Waals surface area (Å²) in [7, 11) is -1.51. The Morgan fingerprint density at radius 3 is 2.52 bits per heavy atom. The van der Waals surface area contributed by atoms with Gasteiger partial charge in [0.2, 0.25) is 5.76 Å². The maximum Gasteiger partial charge on any atom is 0.371 e. The molecule has 6 nitrogen and oxygen atoms in total. The second-order valence-corrected chi connectivity index (χ2v) is 6.21. The Balaban J connectivity index is 1.71. The molecule has 1 unspecified atom stereocenters. The number of carboxylic acids is 1. The minimum Gasteiger partial charge on any atom is -0.475 e. The maximum absolute atomic E-state index is 11.8. The summed E-state index contributed by atoms with van der Waals surface area (Å²) in [6.07, 6.45) is 0.597. The summed E-state index contributed by atoms with van der Waals surface area (Å²) in [6.45, 7) is 0.226. The molecular weight excluding hydrogens is 320 g/mol. The highest BCUT2D eigenvalue weighted by molar-refractivity contribution is 7.84. The number of rotatable bonds is 8. The maximum atomic E-state index is 11.8. The first kappa shape index (κ1) is 17.0. The molecule has 1 atom stereocenters. The quantitative estimate of drug-likeness (QED) is 0.741. The number of esters is 1. The first-order valence-electron chi connectivity index (χ1n) is 6.91. The third-order valence-electron chi connectivity index (χ3n) is 2.95. The number of aromatic carboxylic acids is 1. The normalized spacial score (nSPS) is 11.8. The smallest absolute Gasteiger partial charge is 0.371 e. The van der Waals surface area contributed by atoms with Gasteiger partial charge >= 0.3 is 11.9 Å². The van der Waals surface area contributed by atoms with Crippen LogP contribution in [0.15, 0.2) is 46.9 Å². The van der Waals surface area contributed by atoms with Crippen molar-refractivity contribution in [2.75, 3.05) is 12.4 Å². The van der Waals surface area contributed by atoms with Crippen molar-refractivity contribution in [2.45, 2.75) is 12.2 Å². The summed E-state index contributed by atoms with van der Waals surface area (Å²) >= 11 is 0. The highest BCUT2D eigenvalue weighted by Gasteiger charge is 2.14. The third-order valence-corrected chi connectivity index (χ3v) is 4.12. The summed E-state index contributed by atoms with van der Waals surface area (Å²) in [5, 5.41) is 8.73. The van der Waals surface area contributed by atoms with Crippen LogP contribution in [-0.4, -0.2) is 33.6 Å². The van der Waals surface area contributed by atoms with E-state index in [1.807, 2.05) is 30.3 Å². The number of carbonyl (C=O) groups excluding carboxylic acids is 1.